The van der Waals surface area contributed by atoms with Crippen LogP contribution in [-0.2, 0) is 14.8 Å². The van der Waals surface area contributed by atoms with Gasteiger partial charge in [0.15, 0.2) is 0 Å². The van der Waals surface area contributed by atoms with Crippen molar-refractivity contribution in [3.63, 3.8) is 0 Å². The molecule has 1 aromatic rings. The summed E-state index contributed by atoms with van der Waals surface area (Å²) in [5.74, 6) is 0.127. The molecule has 0 aromatic heterocycles. The zero-order valence-corrected chi connectivity index (χ0v) is 15.3. The molecule has 2 saturated heterocycles. The van der Waals surface area contributed by atoms with E-state index in [-0.39, 0.29) is 16.6 Å². The quantitative estimate of drug-likeness (QED) is 0.802. The minimum absolute atomic E-state index is 0.0414. The highest BCUT2D eigenvalue weighted by Gasteiger charge is 2.30. The van der Waals surface area contributed by atoms with Crippen LogP contribution in [-0.4, -0.2) is 70.0 Å². The number of carbonyl (C=O) groups is 1. The number of hydrogen-bond acceptors (Lipinski definition) is 5. The normalized spacial score (nSPS) is 19.6. The molecule has 2 heterocycles. The van der Waals surface area contributed by atoms with Gasteiger partial charge in [-0.3, -0.25) is 4.79 Å². The van der Waals surface area contributed by atoms with Gasteiger partial charge >= 0.3 is 0 Å². The molecule has 138 valence electrons. The van der Waals surface area contributed by atoms with Crippen molar-refractivity contribution in [3.8, 4) is 5.75 Å². The first kappa shape index (κ1) is 18.2. The van der Waals surface area contributed by atoms with Crippen LogP contribution in [0.25, 0.3) is 0 Å². The number of rotatable bonds is 4. The number of nitrogens with zero attached hydrogens (tertiary/aromatic N) is 2. The summed E-state index contributed by atoms with van der Waals surface area (Å²) in [6, 6.07) is 4.64. The Morgan fingerprint density at radius 1 is 1.08 bits per heavy atom. The van der Waals surface area contributed by atoms with Gasteiger partial charge in [0.05, 0.1) is 20.3 Å². The smallest absolute Gasteiger partial charge is 0.253 e. The standard InChI is InChI=1S/C17H24N2O5S/c1-23-15-6-5-14(17(20)18-7-3-2-4-8-18)13-16(15)25(21,22)19-9-11-24-12-10-19/h5-6,13H,2-4,7-12H2,1H3. The van der Waals surface area contributed by atoms with Gasteiger partial charge in [-0.25, -0.2) is 8.42 Å². The predicted molar refractivity (Wildman–Crippen MR) is 92.3 cm³/mol. The maximum atomic E-state index is 13.0. The number of hydrogen-bond donors (Lipinski definition) is 0. The van der Waals surface area contributed by atoms with Crippen LogP contribution >= 0.6 is 0 Å². The maximum absolute atomic E-state index is 13.0. The highest BCUT2D eigenvalue weighted by molar-refractivity contribution is 7.89. The summed E-state index contributed by atoms with van der Waals surface area (Å²) in [7, 11) is -2.30. The van der Waals surface area contributed by atoms with Crippen molar-refractivity contribution < 1.29 is 22.7 Å². The summed E-state index contributed by atoms with van der Waals surface area (Å²) in [5.41, 5.74) is 0.384. The average molecular weight is 368 g/mol. The van der Waals surface area contributed by atoms with Crippen LogP contribution in [0.4, 0.5) is 0 Å². The van der Waals surface area contributed by atoms with Crippen molar-refractivity contribution >= 4 is 15.9 Å². The first-order valence-electron chi connectivity index (χ1n) is 8.59. The number of sulfonamides is 1. The van der Waals surface area contributed by atoms with Crippen LogP contribution in [0.1, 0.15) is 29.6 Å². The minimum Gasteiger partial charge on any atom is -0.495 e. The molecule has 2 fully saturated rings. The zero-order valence-electron chi connectivity index (χ0n) is 14.4. The Balaban J connectivity index is 1.93. The fourth-order valence-corrected chi connectivity index (χ4v) is 4.81. The number of piperidine rings is 1. The Morgan fingerprint density at radius 2 is 1.76 bits per heavy atom. The van der Waals surface area contributed by atoms with Gasteiger partial charge in [0.1, 0.15) is 10.6 Å². The third kappa shape index (κ3) is 3.80. The van der Waals surface area contributed by atoms with Gasteiger partial charge in [0.2, 0.25) is 10.0 Å². The van der Waals surface area contributed by atoms with Crippen molar-refractivity contribution in [3.05, 3.63) is 23.8 Å². The topological polar surface area (TPSA) is 76.2 Å². The van der Waals surface area contributed by atoms with E-state index in [1.54, 1.807) is 17.0 Å². The molecule has 0 radical (unpaired) electrons. The van der Waals surface area contributed by atoms with Crippen LogP contribution in [0.3, 0.4) is 0 Å². The van der Waals surface area contributed by atoms with Gasteiger partial charge in [-0.05, 0) is 37.5 Å². The first-order valence-corrected chi connectivity index (χ1v) is 10.0. The Morgan fingerprint density at radius 3 is 2.40 bits per heavy atom. The van der Waals surface area contributed by atoms with Crippen LogP contribution in [0.15, 0.2) is 23.1 Å². The summed E-state index contributed by atoms with van der Waals surface area (Å²) in [4.78, 5) is 14.5. The summed E-state index contributed by atoms with van der Waals surface area (Å²) in [5, 5.41) is 0. The molecular weight excluding hydrogens is 344 g/mol. The summed E-state index contributed by atoms with van der Waals surface area (Å²) < 4.78 is 37.8. The van der Waals surface area contributed by atoms with Crippen LogP contribution in [0.5, 0.6) is 5.75 Å². The molecular formula is C17H24N2O5S. The van der Waals surface area contributed by atoms with E-state index >= 15 is 0 Å². The number of methoxy groups -OCH3 is 1. The van der Waals surface area contributed by atoms with E-state index in [9.17, 15) is 13.2 Å². The largest absolute Gasteiger partial charge is 0.495 e. The monoisotopic (exact) mass is 368 g/mol. The maximum Gasteiger partial charge on any atom is 0.253 e. The lowest BCUT2D eigenvalue weighted by Gasteiger charge is -2.28. The van der Waals surface area contributed by atoms with E-state index in [4.69, 9.17) is 9.47 Å². The molecule has 1 amide bonds. The molecule has 3 rings (SSSR count). The van der Waals surface area contributed by atoms with Gasteiger partial charge < -0.3 is 14.4 Å². The third-order valence-electron chi connectivity index (χ3n) is 4.64. The third-order valence-corrected chi connectivity index (χ3v) is 6.56. The number of ether oxygens (including phenoxy) is 2. The fraction of sp³-hybridized carbons (Fsp3) is 0.588. The molecule has 0 bridgehead atoms. The fourth-order valence-electron chi connectivity index (χ4n) is 3.22. The highest BCUT2D eigenvalue weighted by Crippen LogP contribution is 2.29. The van der Waals surface area contributed by atoms with E-state index in [0.717, 1.165) is 32.4 Å². The number of likely N-dealkylation sites (tertiary alicyclic amines) is 1. The molecule has 25 heavy (non-hydrogen) atoms. The molecule has 7 nitrogen and oxygen atoms in total. The molecule has 2 aliphatic heterocycles. The Hall–Kier alpha value is -1.64. The predicted octanol–water partition coefficient (Wildman–Crippen LogP) is 1.34. The van der Waals surface area contributed by atoms with Gasteiger partial charge in [-0.15, -0.1) is 0 Å². The summed E-state index contributed by atoms with van der Waals surface area (Å²) in [6.07, 6.45) is 3.10. The number of carbonyl (C=O) groups excluding carboxylic acids is 1. The zero-order chi connectivity index (χ0) is 17.9. The minimum atomic E-state index is -3.73. The molecule has 0 N–H and O–H groups in total. The lowest BCUT2D eigenvalue weighted by Crippen LogP contribution is -2.41. The second-order valence-electron chi connectivity index (χ2n) is 6.23. The van der Waals surface area contributed by atoms with Crippen LogP contribution in [0, 0.1) is 0 Å². The Kier molecular flexibility index (Phi) is 5.61. The van der Waals surface area contributed by atoms with Gasteiger partial charge in [-0.1, -0.05) is 0 Å². The van der Waals surface area contributed by atoms with E-state index in [2.05, 4.69) is 0 Å². The number of benzene rings is 1. The van der Waals surface area contributed by atoms with Crippen LogP contribution in [0.2, 0.25) is 0 Å². The van der Waals surface area contributed by atoms with Gasteiger partial charge in [0.25, 0.3) is 5.91 Å². The van der Waals surface area contributed by atoms with E-state index in [0.29, 0.717) is 31.9 Å². The SMILES string of the molecule is COc1ccc(C(=O)N2CCCCC2)cc1S(=O)(=O)N1CCOCC1. The van der Waals surface area contributed by atoms with Crippen molar-refractivity contribution in [2.24, 2.45) is 0 Å². The van der Waals surface area contributed by atoms with Crippen molar-refractivity contribution in [1.82, 2.24) is 9.21 Å². The van der Waals surface area contributed by atoms with Crippen molar-refractivity contribution in [1.29, 1.82) is 0 Å². The second kappa shape index (κ2) is 7.72. The van der Waals surface area contributed by atoms with Crippen molar-refractivity contribution in [2.45, 2.75) is 24.2 Å². The number of morpholine rings is 1. The van der Waals surface area contributed by atoms with Gasteiger partial charge in [-0.2, -0.15) is 4.31 Å². The van der Waals surface area contributed by atoms with Crippen molar-refractivity contribution in [2.75, 3.05) is 46.5 Å². The first-order chi connectivity index (χ1) is 12.0. The summed E-state index contributed by atoms with van der Waals surface area (Å²) in [6.45, 7) is 2.78. The molecule has 0 unspecified atom stereocenters. The molecule has 0 spiro atoms. The van der Waals surface area contributed by atoms with Gasteiger partial charge in [0, 0.05) is 31.7 Å². The molecule has 0 saturated carbocycles. The lowest BCUT2D eigenvalue weighted by molar-refractivity contribution is 0.0721. The molecule has 0 atom stereocenters. The molecule has 8 heteroatoms. The van der Waals surface area contributed by atoms with E-state index in [1.807, 2.05) is 0 Å². The summed E-state index contributed by atoms with van der Waals surface area (Å²) >= 11 is 0. The molecule has 0 aliphatic carbocycles. The highest BCUT2D eigenvalue weighted by atomic mass is 32.2. The Bertz CT molecular complexity index is 723. The van der Waals surface area contributed by atoms with E-state index < -0.39 is 10.0 Å². The Labute approximate surface area is 148 Å². The molecule has 1 aromatic carbocycles. The lowest BCUT2D eigenvalue weighted by atomic mass is 10.1. The molecule has 2 aliphatic rings. The number of amides is 1. The van der Waals surface area contributed by atoms with E-state index in [1.165, 1.54) is 17.5 Å². The second-order valence-corrected chi connectivity index (χ2v) is 8.14. The average Bonchev–Trinajstić information content (AvgIpc) is 2.68. The van der Waals surface area contributed by atoms with Crippen LogP contribution < -0.4 is 4.74 Å².